The highest BCUT2D eigenvalue weighted by Crippen LogP contribution is 2.25. The van der Waals surface area contributed by atoms with Crippen LogP contribution >= 0.6 is 0 Å². The fraction of sp³-hybridized carbons (Fsp3) is 0.455. The summed E-state index contributed by atoms with van der Waals surface area (Å²) < 4.78 is 0. The summed E-state index contributed by atoms with van der Waals surface area (Å²) in [5, 5.41) is 0. The molecule has 0 saturated carbocycles. The standard InChI is InChI=1S/C11H16S/c1-6-7(2)9(4)11(12)10(5)8(6)3/h12H,1-5H3/p+1. The van der Waals surface area contributed by atoms with Gasteiger partial charge in [-0.15, -0.1) is 0 Å². The highest BCUT2D eigenvalue weighted by Gasteiger charge is 2.12. The van der Waals surface area contributed by atoms with E-state index in [1.54, 1.807) is 0 Å². The molecule has 0 nitrogen and oxygen atoms in total. The monoisotopic (exact) mass is 181 g/mol. The van der Waals surface area contributed by atoms with Crippen LogP contribution in [0.15, 0.2) is 4.90 Å². The largest absolute Gasteiger partial charge is 0.156 e. The van der Waals surface area contributed by atoms with Gasteiger partial charge in [0.25, 0.3) is 0 Å². The Hall–Kier alpha value is -0.430. The Morgan fingerprint density at radius 2 is 0.833 bits per heavy atom. The molecule has 12 heavy (non-hydrogen) atoms. The van der Waals surface area contributed by atoms with E-state index in [0.29, 0.717) is 0 Å². The molecule has 0 heterocycles. The van der Waals surface area contributed by atoms with Crippen molar-refractivity contribution in [1.29, 1.82) is 0 Å². The average molecular weight is 181 g/mol. The van der Waals surface area contributed by atoms with Gasteiger partial charge in [0.2, 0.25) is 0 Å². The predicted octanol–water partition coefficient (Wildman–Crippen LogP) is 2.60. The van der Waals surface area contributed by atoms with Gasteiger partial charge in [-0.25, -0.2) is 0 Å². The first kappa shape index (κ1) is 9.66. The van der Waals surface area contributed by atoms with Gasteiger partial charge < -0.3 is 0 Å². The van der Waals surface area contributed by atoms with Crippen molar-refractivity contribution >= 4 is 12.6 Å². The van der Waals surface area contributed by atoms with Crippen LogP contribution < -0.4 is 0 Å². The quantitative estimate of drug-likeness (QED) is 0.540. The van der Waals surface area contributed by atoms with Crippen LogP contribution in [0, 0.1) is 34.6 Å². The third kappa shape index (κ3) is 1.27. The number of rotatable bonds is 0. The Kier molecular flexibility index (Phi) is 2.52. The molecule has 0 radical (unpaired) electrons. The van der Waals surface area contributed by atoms with E-state index in [-0.39, 0.29) is 0 Å². The van der Waals surface area contributed by atoms with E-state index in [0.717, 1.165) is 0 Å². The van der Waals surface area contributed by atoms with E-state index in [9.17, 15) is 0 Å². The van der Waals surface area contributed by atoms with Crippen LogP contribution in [0.5, 0.6) is 0 Å². The minimum atomic E-state index is 1.26. The van der Waals surface area contributed by atoms with Crippen molar-refractivity contribution < 1.29 is 0 Å². The summed E-state index contributed by atoms with van der Waals surface area (Å²) in [6.07, 6.45) is 0. The molecule has 1 heteroatoms. The van der Waals surface area contributed by atoms with Crippen molar-refractivity contribution in [2.24, 2.45) is 0 Å². The zero-order chi connectivity index (χ0) is 9.46. The molecule has 0 amide bonds. The van der Waals surface area contributed by atoms with Gasteiger partial charge in [0.15, 0.2) is 4.90 Å². The molecule has 0 aliphatic heterocycles. The third-order valence-electron chi connectivity index (χ3n) is 3.00. The van der Waals surface area contributed by atoms with E-state index in [4.69, 9.17) is 0 Å². The molecule has 0 N–H and O–H groups in total. The first-order valence-corrected chi connectivity index (χ1v) is 4.75. The predicted molar refractivity (Wildman–Crippen MR) is 58.5 cm³/mol. The minimum absolute atomic E-state index is 1.26. The maximum absolute atomic E-state index is 3.67. The van der Waals surface area contributed by atoms with Crippen LogP contribution in [-0.2, 0) is 12.6 Å². The second-order valence-electron chi connectivity index (χ2n) is 3.50. The molecule has 1 aromatic rings. The number of benzene rings is 1. The second-order valence-corrected chi connectivity index (χ2v) is 4.00. The summed E-state index contributed by atoms with van der Waals surface area (Å²) in [4.78, 5) is 1.26. The third-order valence-corrected chi connectivity index (χ3v) is 3.75. The zero-order valence-electron chi connectivity index (χ0n) is 8.50. The van der Waals surface area contributed by atoms with Gasteiger partial charge >= 0.3 is 0 Å². The molecular formula is C11H17S+. The van der Waals surface area contributed by atoms with Gasteiger partial charge in [0.05, 0.1) is 0 Å². The zero-order valence-corrected chi connectivity index (χ0v) is 9.50. The molecule has 0 aliphatic carbocycles. The van der Waals surface area contributed by atoms with E-state index in [1.807, 2.05) is 0 Å². The van der Waals surface area contributed by atoms with Crippen LogP contribution in [0.4, 0.5) is 0 Å². The molecule has 1 rings (SSSR count). The lowest BCUT2D eigenvalue weighted by Crippen LogP contribution is -1.98. The Labute approximate surface area is 80.4 Å². The van der Waals surface area contributed by atoms with Crippen molar-refractivity contribution in [3.8, 4) is 0 Å². The van der Waals surface area contributed by atoms with E-state index in [2.05, 4.69) is 47.2 Å². The topological polar surface area (TPSA) is 0 Å². The Balaban J connectivity index is 3.60. The molecule has 0 saturated heterocycles. The summed E-state index contributed by atoms with van der Waals surface area (Å²) >= 11 is 3.67. The van der Waals surface area contributed by atoms with Gasteiger partial charge in [0, 0.05) is 11.1 Å². The molecule has 0 unspecified atom stereocenters. The van der Waals surface area contributed by atoms with Gasteiger partial charge in [-0.3, -0.25) is 0 Å². The maximum atomic E-state index is 3.67. The van der Waals surface area contributed by atoms with Crippen LogP contribution in [0.3, 0.4) is 0 Å². The van der Waals surface area contributed by atoms with Crippen molar-refractivity contribution in [1.82, 2.24) is 0 Å². The smallest absolute Gasteiger partial charge is 0.0444 e. The van der Waals surface area contributed by atoms with Crippen LogP contribution in [0.2, 0.25) is 0 Å². The lowest BCUT2D eigenvalue weighted by molar-refractivity contribution is 1.10. The maximum Gasteiger partial charge on any atom is 0.156 e. The first-order valence-electron chi connectivity index (χ1n) is 4.25. The van der Waals surface area contributed by atoms with Crippen LogP contribution in [-0.4, -0.2) is 0 Å². The Morgan fingerprint density at radius 1 is 0.583 bits per heavy atom. The Bertz CT molecular complexity index is 219. The lowest BCUT2D eigenvalue weighted by atomic mass is 9.95. The molecular weight excluding hydrogens is 164 g/mol. The van der Waals surface area contributed by atoms with Gasteiger partial charge in [-0.2, -0.15) is 0 Å². The molecule has 0 atom stereocenters. The molecule has 1 aromatic carbocycles. The number of hydrogen-bond donors (Lipinski definition) is 0. The van der Waals surface area contributed by atoms with Crippen molar-refractivity contribution in [2.75, 3.05) is 0 Å². The SMILES string of the molecule is Cc1c(C)c(C)c([SH2+])c(C)c1C. The summed E-state index contributed by atoms with van der Waals surface area (Å²) in [6, 6.07) is 0. The normalized spacial score (nSPS) is 10.5. The summed E-state index contributed by atoms with van der Waals surface area (Å²) in [5.41, 5.74) is 6.97. The molecule has 0 spiro atoms. The highest BCUT2D eigenvalue weighted by atomic mass is 32.1. The van der Waals surface area contributed by atoms with Crippen LogP contribution in [0.25, 0.3) is 0 Å². The average Bonchev–Trinajstić information content (AvgIpc) is 2.08. The minimum Gasteiger partial charge on any atom is -0.0444 e. The molecule has 66 valence electrons. The van der Waals surface area contributed by atoms with Crippen molar-refractivity contribution in [2.45, 2.75) is 39.5 Å². The summed E-state index contributed by atoms with van der Waals surface area (Å²) in [6.45, 7) is 10.9. The number of hydrogen-bond acceptors (Lipinski definition) is 0. The van der Waals surface area contributed by atoms with Gasteiger partial charge in [-0.1, -0.05) is 0 Å². The van der Waals surface area contributed by atoms with Gasteiger partial charge in [0.1, 0.15) is 0 Å². The molecule has 0 aromatic heterocycles. The van der Waals surface area contributed by atoms with Crippen LogP contribution in [0.1, 0.15) is 27.8 Å². The van der Waals surface area contributed by atoms with E-state index >= 15 is 0 Å². The fourth-order valence-electron chi connectivity index (χ4n) is 1.50. The second kappa shape index (κ2) is 3.14. The van der Waals surface area contributed by atoms with Crippen molar-refractivity contribution in [3.05, 3.63) is 27.8 Å². The van der Waals surface area contributed by atoms with Gasteiger partial charge in [-0.05, 0) is 63.9 Å². The molecule has 0 bridgehead atoms. The highest BCUT2D eigenvalue weighted by molar-refractivity contribution is 7.59. The summed E-state index contributed by atoms with van der Waals surface area (Å²) in [7, 11) is 0. The lowest BCUT2D eigenvalue weighted by Gasteiger charge is -2.11. The van der Waals surface area contributed by atoms with Crippen molar-refractivity contribution in [3.63, 3.8) is 0 Å². The molecule has 0 aliphatic rings. The molecule has 0 fully saturated rings. The Morgan fingerprint density at radius 3 is 1.17 bits per heavy atom. The fourth-order valence-corrected chi connectivity index (χ4v) is 1.88. The van der Waals surface area contributed by atoms with E-state index < -0.39 is 0 Å². The van der Waals surface area contributed by atoms with E-state index in [1.165, 1.54) is 32.7 Å². The summed E-state index contributed by atoms with van der Waals surface area (Å²) in [5.74, 6) is 0. The first-order chi connectivity index (χ1) is 5.46.